The Balaban J connectivity index is 1.65. The molecule has 29 heavy (non-hydrogen) atoms. The molecule has 0 aromatic carbocycles. The molecule has 1 fully saturated rings. The van der Waals surface area contributed by atoms with Gasteiger partial charge in [0.05, 0.1) is 5.69 Å². The van der Waals surface area contributed by atoms with Gasteiger partial charge in [0.2, 0.25) is 0 Å². The zero-order valence-electron chi connectivity index (χ0n) is 17.5. The van der Waals surface area contributed by atoms with Crippen molar-refractivity contribution in [3.05, 3.63) is 45.4 Å². The number of carbonyl (C=O) groups excluding carboxylic acids is 1. The van der Waals surface area contributed by atoms with Crippen LogP contribution in [0.3, 0.4) is 0 Å². The van der Waals surface area contributed by atoms with Crippen LogP contribution in [0.1, 0.15) is 44.9 Å². The number of piperidine rings is 1. The molecule has 6 nitrogen and oxygen atoms in total. The van der Waals surface area contributed by atoms with Gasteiger partial charge >= 0.3 is 6.09 Å². The number of pyridine rings is 2. The molecule has 0 aliphatic carbocycles. The molecule has 1 N–H and O–H groups in total. The molecule has 1 atom stereocenters. The lowest BCUT2D eigenvalue weighted by Gasteiger charge is -2.33. The summed E-state index contributed by atoms with van der Waals surface area (Å²) in [5.41, 5.74) is 3.71. The lowest BCUT2D eigenvalue weighted by atomic mass is 10.0. The van der Waals surface area contributed by atoms with Crippen LogP contribution in [0.4, 0.5) is 4.79 Å². The molecule has 3 rings (SSSR count). The number of likely N-dealkylation sites (tertiary alicyclic amines) is 1. The number of aromatic nitrogens is 2. The first-order valence-corrected chi connectivity index (χ1v) is 11.1. The number of halogens is 1. The van der Waals surface area contributed by atoms with Crippen LogP contribution < -0.4 is 5.32 Å². The van der Waals surface area contributed by atoms with Crippen LogP contribution in [0.2, 0.25) is 0 Å². The average Bonchev–Trinajstić information content (AvgIpc) is 2.60. The van der Waals surface area contributed by atoms with Crippen molar-refractivity contribution < 1.29 is 9.53 Å². The first-order chi connectivity index (χ1) is 13.7. The van der Waals surface area contributed by atoms with E-state index in [1.54, 1.807) is 0 Å². The first-order valence-electron chi connectivity index (χ1n) is 9.99. The van der Waals surface area contributed by atoms with Gasteiger partial charge in [-0.3, -0.25) is 9.88 Å². The second kappa shape index (κ2) is 9.38. The number of amides is 1. The zero-order chi connectivity index (χ0) is 21.0. The summed E-state index contributed by atoms with van der Waals surface area (Å²) in [6.45, 7) is 10.3. The fraction of sp³-hybridized carbons (Fsp3) is 0.500. The Labute approximate surface area is 186 Å². The normalized spacial score (nSPS) is 17.8. The number of alkyl carbamates (subject to hydrolysis) is 1. The van der Waals surface area contributed by atoms with E-state index in [1.807, 2.05) is 40.0 Å². The third-order valence-electron chi connectivity index (χ3n) is 4.69. The molecule has 1 saturated heterocycles. The van der Waals surface area contributed by atoms with Gasteiger partial charge in [-0.25, -0.2) is 9.78 Å². The molecule has 7 heteroatoms. The molecule has 0 radical (unpaired) electrons. The van der Waals surface area contributed by atoms with E-state index in [1.165, 1.54) is 5.56 Å². The SMILES string of the molecule is Cc1ccc(-c2cc(CN3CCC[C@H](NC(=O)OC(C)(C)C)C3)cc(I)n2)cn1. The van der Waals surface area contributed by atoms with E-state index in [2.05, 4.69) is 61.0 Å². The van der Waals surface area contributed by atoms with Crippen molar-refractivity contribution in [3.8, 4) is 11.3 Å². The molecular weight excluding hydrogens is 479 g/mol. The Morgan fingerprint density at radius 2 is 2.14 bits per heavy atom. The van der Waals surface area contributed by atoms with Crippen molar-refractivity contribution in [1.29, 1.82) is 0 Å². The number of rotatable bonds is 4. The van der Waals surface area contributed by atoms with Gasteiger partial charge in [0.25, 0.3) is 0 Å². The van der Waals surface area contributed by atoms with E-state index in [-0.39, 0.29) is 12.1 Å². The number of carbonyl (C=O) groups is 1. The summed E-state index contributed by atoms with van der Waals surface area (Å²) < 4.78 is 6.37. The molecule has 0 unspecified atom stereocenters. The van der Waals surface area contributed by atoms with E-state index in [0.29, 0.717) is 0 Å². The highest BCUT2D eigenvalue weighted by Gasteiger charge is 2.24. The summed E-state index contributed by atoms with van der Waals surface area (Å²) in [5.74, 6) is 0. The Morgan fingerprint density at radius 3 is 2.83 bits per heavy atom. The smallest absolute Gasteiger partial charge is 0.407 e. The molecule has 0 saturated carbocycles. The van der Waals surface area contributed by atoms with E-state index < -0.39 is 5.60 Å². The van der Waals surface area contributed by atoms with Crippen LogP contribution >= 0.6 is 22.6 Å². The topological polar surface area (TPSA) is 67.4 Å². The Morgan fingerprint density at radius 1 is 1.34 bits per heavy atom. The number of nitrogens with zero attached hydrogens (tertiary/aromatic N) is 3. The molecule has 0 spiro atoms. The summed E-state index contributed by atoms with van der Waals surface area (Å²) in [7, 11) is 0. The molecular formula is C22H29IN4O2. The third-order valence-corrected chi connectivity index (χ3v) is 5.25. The van der Waals surface area contributed by atoms with Crippen LogP contribution in [0.15, 0.2) is 30.5 Å². The molecule has 0 bridgehead atoms. The maximum Gasteiger partial charge on any atom is 0.407 e. The summed E-state index contributed by atoms with van der Waals surface area (Å²) in [5, 5.41) is 3.02. The second-order valence-electron chi connectivity index (χ2n) is 8.59. The minimum atomic E-state index is -0.479. The van der Waals surface area contributed by atoms with Gasteiger partial charge < -0.3 is 10.1 Å². The van der Waals surface area contributed by atoms with E-state index >= 15 is 0 Å². The fourth-order valence-corrected chi connectivity index (χ4v) is 4.12. The van der Waals surface area contributed by atoms with Crippen LogP contribution in [0.25, 0.3) is 11.3 Å². The minimum absolute atomic E-state index is 0.111. The monoisotopic (exact) mass is 508 g/mol. The van der Waals surface area contributed by atoms with Crippen molar-refractivity contribution in [2.75, 3.05) is 13.1 Å². The van der Waals surface area contributed by atoms with Gasteiger partial charge in [0.1, 0.15) is 9.30 Å². The molecule has 1 amide bonds. The van der Waals surface area contributed by atoms with Gasteiger partial charge in [-0.15, -0.1) is 0 Å². The van der Waals surface area contributed by atoms with E-state index in [9.17, 15) is 4.79 Å². The molecule has 156 valence electrons. The predicted octanol–water partition coefficient (Wildman–Crippen LogP) is 4.55. The molecule has 2 aromatic rings. The lowest BCUT2D eigenvalue weighted by Crippen LogP contribution is -2.48. The highest BCUT2D eigenvalue weighted by molar-refractivity contribution is 14.1. The van der Waals surface area contributed by atoms with Crippen molar-refractivity contribution in [2.24, 2.45) is 0 Å². The summed E-state index contributed by atoms with van der Waals surface area (Å²) >= 11 is 2.27. The molecule has 1 aliphatic rings. The highest BCUT2D eigenvalue weighted by Crippen LogP contribution is 2.22. The zero-order valence-corrected chi connectivity index (χ0v) is 19.7. The number of aryl methyl sites for hydroxylation is 1. The van der Waals surface area contributed by atoms with Gasteiger partial charge in [0.15, 0.2) is 0 Å². The van der Waals surface area contributed by atoms with Crippen LogP contribution in [-0.2, 0) is 11.3 Å². The van der Waals surface area contributed by atoms with Gasteiger partial charge in [-0.05, 0) is 99.5 Å². The predicted molar refractivity (Wildman–Crippen MR) is 123 cm³/mol. The quantitative estimate of drug-likeness (QED) is 0.485. The van der Waals surface area contributed by atoms with Crippen molar-refractivity contribution in [2.45, 2.75) is 58.7 Å². The fourth-order valence-electron chi connectivity index (χ4n) is 3.46. The molecule has 2 aromatic heterocycles. The van der Waals surface area contributed by atoms with Crippen LogP contribution in [0.5, 0.6) is 0 Å². The number of hydrogen-bond donors (Lipinski definition) is 1. The Bertz CT molecular complexity index is 849. The van der Waals surface area contributed by atoms with Crippen LogP contribution in [0, 0.1) is 10.6 Å². The average molecular weight is 508 g/mol. The second-order valence-corrected chi connectivity index (χ2v) is 9.70. The Hall–Kier alpha value is -1.74. The maximum absolute atomic E-state index is 12.1. The summed E-state index contributed by atoms with van der Waals surface area (Å²) in [4.78, 5) is 23.5. The van der Waals surface area contributed by atoms with Crippen LogP contribution in [-0.4, -0.2) is 45.7 Å². The standard InChI is InChI=1S/C22H29IN4O2/c1-15-7-8-17(12-24-15)19-10-16(11-20(23)26-19)13-27-9-5-6-18(14-27)25-21(28)29-22(2,3)4/h7-8,10-12,18H,5-6,9,13-14H2,1-4H3,(H,25,28)/t18-/m0/s1. The number of nitrogens with one attached hydrogen (secondary N) is 1. The largest absolute Gasteiger partial charge is 0.444 e. The van der Waals surface area contributed by atoms with Crippen molar-refractivity contribution in [3.63, 3.8) is 0 Å². The van der Waals surface area contributed by atoms with Gasteiger partial charge in [-0.1, -0.05) is 0 Å². The maximum atomic E-state index is 12.1. The Kier molecular flexibility index (Phi) is 7.10. The summed E-state index contributed by atoms with van der Waals surface area (Å²) in [6, 6.07) is 8.44. The number of ether oxygens (including phenoxy) is 1. The lowest BCUT2D eigenvalue weighted by molar-refractivity contribution is 0.0470. The minimum Gasteiger partial charge on any atom is -0.444 e. The summed E-state index contributed by atoms with van der Waals surface area (Å²) in [6.07, 6.45) is 3.57. The third kappa shape index (κ3) is 6.92. The van der Waals surface area contributed by atoms with Gasteiger partial charge in [0, 0.05) is 36.6 Å². The first kappa shape index (κ1) is 22.0. The van der Waals surface area contributed by atoms with E-state index in [4.69, 9.17) is 4.74 Å². The van der Waals surface area contributed by atoms with E-state index in [0.717, 1.165) is 53.1 Å². The van der Waals surface area contributed by atoms with Gasteiger partial charge in [-0.2, -0.15) is 0 Å². The number of hydrogen-bond acceptors (Lipinski definition) is 5. The highest BCUT2D eigenvalue weighted by atomic mass is 127. The van der Waals surface area contributed by atoms with Crippen molar-refractivity contribution >= 4 is 28.7 Å². The molecule has 1 aliphatic heterocycles. The van der Waals surface area contributed by atoms with Crippen molar-refractivity contribution in [1.82, 2.24) is 20.2 Å². The molecule has 3 heterocycles.